The number of halogens is 2. The lowest BCUT2D eigenvalue weighted by molar-refractivity contribution is 0.102. The van der Waals surface area contributed by atoms with Crippen LogP contribution in [0.5, 0.6) is 0 Å². The minimum absolute atomic E-state index is 0.0954. The molecule has 0 atom stereocenters. The number of benzene rings is 1. The Morgan fingerprint density at radius 2 is 1.85 bits per heavy atom. The van der Waals surface area contributed by atoms with Crippen molar-refractivity contribution < 1.29 is 9.59 Å². The predicted molar refractivity (Wildman–Crippen MR) is 99.9 cm³/mol. The second-order valence-corrected chi connectivity index (χ2v) is 6.16. The standard InChI is InChI=1S/C17H13Cl2N5O2/c1-9-3-2-4-11(18)14(9)16(25)23-12-8-21-24-15(12)17(26)22-10-5-6-13(19)20-7-10/h2-8H,1H3,(H,21,24)(H,22,26)(H,23,25). The van der Waals surface area contributed by atoms with Crippen molar-refractivity contribution in [3.05, 3.63) is 69.7 Å². The molecule has 0 fully saturated rings. The zero-order chi connectivity index (χ0) is 18.7. The van der Waals surface area contributed by atoms with E-state index >= 15 is 0 Å². The molecular formula is C17H13Cl2N5O2. The van der Waals surface area contributed by atoms with Crippen molar-refractivity contribution in [2.45, 2.75) is 6.92 Å². The summed E-state index contributed by atoms with van der Waals surface area (Å²) in [6.07, 6.45) is 2.76. The Labute approximate surface area is 158 Å². The van der Waals surface area contributed by atoms with Crippen molar-refractivity contribution in [2.75, 3.05) is 10.6 Å². The highest BCUT2D eigenvalue weighted by atomic mass is 35.5. The highest BCUT2D eigenvalue weighted by Crippen LogP contribution is 2.22. The first-order chi connectivity index (χ1) is 12.5. The van der Waals surface area contributed by atoms with Gasteiger partial charge in [0.15, 0.2) is 0 Å². The number of carbonyl (C=O) groups excluding carboxylic acids is 2. The molecule has 26 heavy (non-hydrogen) atoms. The first-order valence-corrected chi connectivity index (χ1v) is 8.24. The van der Waals surface area contributed by atoms with Crippen LogP contribution < -0.4 is 10.6 Å². The number of carbonyl (C=O) groups is 2. The monoisotopic (exact) mass is 389 g/mol. The van der Waals surface area contributed by atoms with Crippen LogP contribution in [0.25, 0.3) is 0 Å². The number of hydrogen-bond acceptors (Lipinski definition) is 4. The molecule has 0 aliphatic rings. The van der Waals surface area contributed by atoms with Crippen molar-refractivity contribution >= 4 is 46.4 Å². The Morgan fingerprint density at radius 3 is 2.54 bits per heavy atom. The van der Waals surface area contributed by atoms with Gasteiger partial charge in [-0.3, -0.25) is 14.7 Å². The van der Waals surface area contributed by atoms with E-state index in [0.29, 0.717) is 21.4 Å². The number of nitrogens with one attached hydrogen (secondary N) is 3. The summed E-state index contributed by atoms with van der Waals surface area (Å²) in [5.74, 6) is -0.922. The zero-order valence-electron chi connectivity index (χ0n) is 13.5. The van der Waals surface area contributed by atoms with Crippen LogP contribution >= 0.6 is 23.2 Å². The number of aromatic nitrogens is 3. The van der Waals surface area contributed by atoms with Crippen molar-refractivity contribution in [1.29, 1.82) is 0 Å². The lowest BCUT2D eigenvalue weighted by Crippen LogP contribution is -2.18. The van der Waals surface area contributed by atoms with Gasteiger partial charge in [0.1, 0.15) is 10.8 Å². The van der Waals surface area contributed by atoms with Gasteiger partial charge in [-0.05, 0) is 30.7 Å². The third-order valence-electron chi connectivity index (χ3n) is 3.55. The highest BCUT2D eigenvalue weighted by Gasteiger charge is 2.19. The number of pyridine rings is 1. The fourth-order valence-electron chi connectivity index (χ4n) is 2.30. The fraction of sp³-hybridized carbons (Fsp3) is 0.0588. The van der Waals surface area contributed by atoms with Gasteiger partial charge in [-0.1, -0.05) is 35.3 Å². The average Bonchev–Trinajstić information content (AvgIpc) is 3.05. The largest absolute Gasteiger partial charge is 0.319 e. The number of aryl methyl sites for hydroxylation is 1. The van der Waals surface area contributed by atoms with Gasteiger partial charge in [-0.2, -0.15) is 5.10 Å². The molecular weight excluding hydrogens is 377 g/mol. The third kappa shape index (κ3) is 3.84. The number of H-pyrrole nitrogens is 1. The first kappa shape index (κ1) is 17.9. The van der Waals surface area contributed by atoms with Gasteiger partial charge >= 0.3 is 0 Å². The van der Waals surface area contributed by atoms with Crippen LogP contribution in [0.2, 0.25) is 10.2 Å². The van der Waals surface area contributed by atoms with E-state index in [0.717, 1.165) is 5.56 Å². The lowest BCUT2D eigenvalue weighted by atomic mass is 10.1. The van der Waals surface area contributed by atoms with E-state index in [-0.39, 0.29) is 11.4 Å². The van der Waals surface area contributed by atoms with Gasteiger partial charge in [0.05, 0.1) is 34.4 Å². The molecule has 0 bridgehead atoms. The minimum atomic E-state index is -0.488. The van der Waals surface area contributed by atoms with Gasteiger partial charge in [0, 0.05) is 0 Å². The van der Waals surface area contributed by atoms with Crippen LogP contribution in [0.4, 0.5) is 11.4 Å². The van der Waals surface area contributed by atoms with Gasteiger partial charge in [-0.15, -0.1) is 0 Å². The minimum Gasteiger partial charge on any atom is -0.319 e. The van der Waals surface area contributed by atoms with Gasteiger partial charge in [0.25, 0.3) is 11.8 Å². The second-order valence-electron chi connectivity index (χ2n) is 5.37. The van der Waals surface area contributed by atoms with Crippen LogP contribution in [-0.2, 0) is 0 Å². The highest BCUT2D eigenvalue weighted by molar-refractivity contribution is 6.34. The van der Waals surface area contributed by atoms with E-state index in [1.807, 2.05) is 0 Å². The van der Waals surface area contributed by atoms with Crippen molar-refractivity contribution in [1.82, 2.24) is 15.2 Å². The Morgan fingerprint density at radius 1 is 1.04 bits per heavy atom. The molecule has 3 rings (SSSR count). The molecule has 2 heterocycles. The number of rotatable bonds is 4. The molecule has 7 nitrogen and oxygen atoms in total. The van der Waals surface area contributed by atoms with E-state index < -0.39 is 11.8 Å². The normalized spacial score (nSPS) is 10.4. The Hall–Kier alpha value is -2.90. The molecule has 0 saturated heterocycles. The molecule has 0 aliphatic carbocycles. The Kier molecular flexibility index (Phi) is 5.20. The molecule has 0 saturated carbocycles. The van der Waals surface area contributed by atoms with Crippen molar-refractivity contribution in [3.63, 3.8) is 0 Å². The summed E-state index contributed by atoms with van der Waals surface area (Å²) in [4.78, 5) is 28.8. The average molecular weight is 390 g/mol. The molecule has 3 aromatic rings. The molecule has 1 aromatic carbocycles. The molecule has 3 N–H and O–H groups in total. The molecule has 132 valence electrons. The predicted octanol–water partition coefficient (Wildman–Crippen LogP) is 3.92. The number of aromatic amines is 1. The van der Waals surface area contributed by atoms with E-state index in [1.165, 1.54) is 12.4 Å². The summed E-state index contributed by atoms with van der Waals surface area (Å²) in [7, 11) is 0. The van der Waals surface area contributed by atoms with Gasteiger partial charge in [-0.25, -0.2) is 4.98 Å². The summed E-state index contributed by atoms with van der Waals surface area (Å²) in [6.45, 7) is 1.78. The summed E-state index contributed by atoms with van der Waals surface area (Å²) >= 11 is 11.8. The van der Waals surface area contributed by atoms with Crippen LogP contribution in [0.15, 0.2) is 42.7 Å². The Balaban J connectivity index is 1.79. The summed E-state index contributed by atoms with van der Waals surface area (Å²) in [5.41, 5.74) is 1.83. The Bertz CT molecular complexity index is 949. The molecule has 0 radical (unpaired) electrons. The first-order valence-electron chi connectivity index (χ1n) is 7.48. The molecule has 9 heteroatoms. The topological polar surface area (TPSA) is 99.8 Å². The number of nitrogens with zero attached hydrogens (tertiary/aromatic N) is 2. The van der Waals surface area contributed by atoms with Crippen molar-refractivity contribution in [2.24, 2.45) is 0 Å². The lowest BCUT2D eigenvalue weighted by Gasteiger charge is -2.10. The van der Waals surface area contributed by atoms with E-state index in [2.05, 4.69) is 25.8 Å². The summed E-state index contributed by atoms with van der Waals surface area (Å²) < 4.78 is 0. The molecule has 0 unspecified atom stereocenters. The molecule has 2 aromatic heterocycles. The zero-order valence-corrected chi connectivity index (χ0v) is 15.0. The quantitative estimate of drug-likeness (QED) is 0.588. The summed E-state index contributed by atoms with van der Waals surface area (Å²) in [5, 5.41) is 12.3. The smallest absolute Gasteiger partial charge is 0.275 e. The maximum atomic E-state index is 12.5. The van der Waals surface area contributed by atoms with E-state index in [1.54, 1.807) is 37.3 Å². The second kappa shape index (κ2) is 7.55. The number of anilines is 2. The number of hydrogen-bond donors (Lipinski definition) is 3. The maximum absolute atomic E-state index is 12.5. The van der Waals surface area contributed by atoms with Crippen LogP contribution in [0.1, 0.15) is 26.4 Å². The number of amides is 2. The van der Waals surface area contributed by atoms with Crippen LogP contribution in [0.3, 0.4) is 0 Å². The molecule has 2 amide bonds. The van der Waals surface area contributed by atoms with Gasteiger partial charge in [0.2, 0.25) is 0 Å². The van der Waals surface area contributed by atoms with Crippen LogP contribution in [0, 0.1) is 6.92 Å². The SMILES string of the molecule is Cc1cccc(Cl)c1C(=O)Nc1cn[nH]c1C(=O)Nc1ccc(Cl)nc1. The van der Waals surface area contributed by atoms with E-state index in [4.69, 9.17) is 23.2 Å². The molecule has 0 aliphatic heterocycles. The summed E-state index contributed by atoms with van der Waals surface area (Å²) in [6, 6.07) is 8.31. The van der Waals surface area contributed by atoms with Gasteiger partial charge < -0.3 is 10.6 Å². The third-order valence-corrected chi connectivity index (χ3v) is 4.09. The van der Waals surface area contributed by atoms with Crippen LogP contribution in [-0.4, -0.2) is 27.0 Å². The van der Waals surface area contributed by atoms with Crippen molar-refractivity contribution in [3.8, 4) is 0 Å². The maximum Gasteiger partial charge on any atom is 0.275 e. The van der Waals surface area contributed by atoms with E-state index in [9.17, 15) is 9.59 Å². The fourth-order valence-corrected chi connectivity index (χ4v) is 2.72. The molecule has 0 spiro atoms.